The lowest BCUT2D eigenvalue weighted by Gasteiger charge is -2.10. The number of alkyl halides is 3. The summed E-state index contributed by atoms with van der Waals surface area (Å²) in [6.07, 6.45) is -4.39. The highest BCUT2D eigenvalue weighted by atomic mass is 32.1. The number of nitrogens with zero attached hydrogens (tertiary/aromatic N) is 2. The van der Waals surface area contributed by atoms with E-state index in [9.17, 15) is 13.2 Å². The minimum Gasteiger partial charge on any atom is -0.223 e. The number of rotatable bonds is 2. The zero-order chi connectivity index (χ0) is 16.4. The molecule has 0 saturated heterocycles. The molecule has 1 aromatic heterocycles. The fourth-order valence-electron chi connectivity index (χ4n) is 2.19. The minimum absolute atomic E-state index is 0.207. The third-order valence-electron chi connectivity index (χ3n) is 3.27. The largest absolute Gasteiger partial charge is 0.416 e. The van der Waals surface area contributed by atoms with Crippen molar-refractivity contribution in [3.63, 3.8) is 0 Å². The number of hydrogen-bond donors (Lipinski definition) is 1. The number of benzene rings is 2. The Bertz CT molecular complexity index is 833. The van der Waals surface area contributed by atoms with Crippen molar-refractivity contribution in [1.82, 2.24) is 9.97 Å². The second kappa shape index (κ2) is 6.04. The van der Waals surface area contributed by atoms with Crippen LogP contribution in [-0.4, -0.2) is 9.97 Å². The maximum absolute atomic E-state index is 12.9. The van der Waals surface area contributed by atoms with Gasteiger partial charge in [0, 0.05) is 11.1 Å². The molecule has 0 N–H and O–H groups in total. The molecule has 3 rings (SSSR count). The Balaban J connectivity index is 2.09. The Hall–Kier alpha value is -2.34. The fourth-order valence-corrected chi connectivity index (χ4v) is 2.41. The third kappa shape index (κ3) is 3.53. The van der Waals surface area contributed by atoms with E-state index in [2.05, 4.69) is 22.6 Å². The van der Waals surface area contributed by atoms with Crippen molar-refractivity contribution >= 4 is 12.6 Å². The second-order valence-electron chi connectivity index (χ2n) is 4.88. The van der Waals surface area contributed by atoms with E-state index >= 15 is 0 Å². The van der Waals surface area contributed by atoms with Crippen molar-refractivity contribution in [2.75, 3.05) is 0 Å². The van der Waals surface area contributed by atoms with Gasteiger partial charge in [-0.25, -0.2) is 9.97 Å². The van der Waals surface area contributed by atoms with E-state index in [1.165, 1.54) is 6.07 Å². The normalized spacial score (nSPS) is 11.5. The molecule has 116 valence electrons. The first kappa shape index (κ1) is 15.6. The van der Waals surface area contributed by atoms with E-state index in [1.54, 1.807) is 12.1 Å². The van der Waals surface area contributed by atoms with Gasteiger partial charge >= 0.3 is 6.18 Å². The van der Waals surface area contributed by atoms with Crippen molar-refractivity contribution in [1.29, 1.82) is 0 Å². The molecular formula is C17H11F3N2S. The second-order valence-corrected chi connectivity index (χ2v) is 5.28. The standard InChI is InChI=1S/C17H11F3N2S/c18-17(19,20)13-8-4-7-12(9-13)15-10-14(21-16(23)22-15)11-5-2-1-3-6-11/h1-10H,(H,21,22,23). The molecule has 2 aromatic carbocycles. The molecule has 0 radical (unpaired) electrons. The molecule has 6 heteroatoms. The Labute approximate surface area is 136 Å². The minimum atomic E-state index is -4.39. The van der Waals surface area contributed by atoms with Crippen LogP contribution in [0, 0.1) is 0 Å². The van der Waals surface area contributed by atoms with Crippen molar-refractivity contribution in [3.8, 4) is 22.5 Å². The van der Waals surface area contributed by atoms with Crippen LogP contribution in [0.5, 0.6) is 0 Å². The maximum Gasteiger partial charge on any atom is 0.416 e. The zero-order valence-corrected chi connectivity index (χ0v) is 12.6. The molecule has 0 fully saturated rings. The zero-order valence-electron chi connectivity index (χ0n) is 11.7. The number of hydrogen-bond acceptors (Lipinski definition) is 3. The Kier molecular flexibility index (Phi) is 4.09. The van der Waals surface area contributed by atoms with Gasteiger partial charge in [0.1, 0.15) is 0 Å². The van der Waals surface area contributed by atoms with Gasteiger partial charge in [-0.05, 0) is 18.2 Å². The summed E-state index contributed by atoms with van der Waals surface area (Å²) >= 11 is 4.16. The predicted molar refractivity (Wildman–Crippen MR) is 85.2 cm³/mol. The molecule has 2 nitrogen and oxygen atoms in total. The van der Waals surface area contributed by atoms with Crippen LogP contribution in [0.3, 0.4) is 0 Å². The highest BCUT2D eigenvalue weighted by Gasteiger charge is 2.30. The molecule has 0 spiro atoms. The molecule has 1 heterocycles. The van der Waals surface area contributed by atoms with Gasteiger partial charge in [-0.2, -0.15) is 13.2 Å². The molecule has 23 heavy (non-hydrogen) atoms. The Morgan fingerprint density at radius 3 is 2.00 bits per heavy atom. The molecule has 0 atom stereocenters. The lowest BCUT2D eigenvalue weighted by Crippen LogP contribution is -2.04. The van der Waals surface area contributed by atoms with E-state index in [0.29, 0.717) is 17.0 Å². The number of aromatic nitrogens is 2. The fraction of sp³-hybridized carbons (Fsp3) is 0.0588. The summed E-state index contributed by atoms with van der Waals surface area (Å²) in [5, 5.41) is 0.207. The van der Waals surface area contributed by atoms with Gasteiger partial charge in [0.15, 0.2) is 5.16 Å². The van der Waals surface area contributed by atoms with Crippen LogP contribution >= 0.6 is 12.6 Å². The molecule has 0 aliphatic rings. The number of halogens is 3. The molecule has 3 aromatic rings. The van der Waals surface area contributed by atoms with Crippen molar-refractivity contribution in [2.24, 2.45) is 0 Å². The van der Waals surface area contributed by atoms with Gasteiger partial charge in [0.2, 0.25) is 0 Å². The molecule has 0 amide bonds. The van der Waals surface area contributed by atoms with Crippen LogP contribution in [0.15, 0.2) is 65.8 Å². The SMILES string of the molecule is FC(F)(F)c1cccc(-c2cc(-c3ccccc3)nc(S)n2)c1. The first-order valence-corrected chi connectivity index (χ1v) is 7.19. The van der Waals surface area contributed by atoms with Crippen LogP contribution in [0.2, 0.25) is 0 Å². The summed E-state index contributed by atoms with van der Waals surface area (Å²) in [4.78, 5) is 8.37. The smallest absolute Gasteiger partial charge is 0.223 e. The van der Waals surface area contributed by atoms with Crippen LogP contribution in [0.1, 0.15) is 5.56 Å². The summed E-state index contributed by atoms with van der Waals surface area (Å²) in [5.41, 5.74) is 1.51. The van der Waals surface area contributed by atoms with Crippen molar-refractivity contribution in [3.05, 3.63) is 66.2 Å². The maximum atomic E-state index is 12.9. The van der Waals surface area contributed by atoms with E-state index in [4.69, 9.17) is 0 Å². The lowest BCUT2D eigenvalue weighted by molar-refractivity contribution is -0.137. The monoisotopic (exact) mass is 332 g/mol. The van der Waals surface area contributed by atoms with E-state index in [0.717, 1.165) is 17.7 Å². The van der Waals surface area contributed by atoms with Gasteiger partial charge in [-0.3, -0.25) is 0 Å². The Morgan fingerprint density at radius 1 is 0.739 bits per heavy atom. The molecule has 0 unspecified atom stereocenters. The first-order chi connectivity index (χ1) is 10.9. The van der Waals surface area contributed by atoms with E-state index in [1.807, 2.05) is 30.3 Å². The summed E-state index contributed by atoms with van der Waals surface area (Å²) < 4.78 is 38.6. The quantitative estimate of drug-likeness (QED) is 0.521. The van der Waals surface area contributed by atoms with Crippen LogP contribution in [0.25, 0.3) is 22.5 Å². The van der Waals surface area contributed by atoms with E-state index < -0.39 is 11.7 Å². The highest BCUT2D eigenvalue weighted by molar-refractivity contribution is 7.80. The molecule has 0 bridgehead atoms. The van der Waals surface area contributed by atoms with Crippen LogP contribution < -0.4 is 0 Å². The van der Waals surface area contributed by atoms with Gasteiger partial charge in [0.05, 0.1) is 17.0 Å². The number of thiol groups is 1. The van der Waals surface area contributed by atoms with Gasteiger partial charge < -0.3 is 0 Å². The topological polar surface area (TPSA) is 25.8 Å². The lowest BCUT2D eigenvalue weighted by atomic mass is 10.1. The van der Waals surface area contributed by atoms with Crippen LogP contribution in [0.4, 0.5) is 13.2 Å². The van der Waals surface area contributed by atoms with Crippen LogP contribution in [-0.2, 0) is 6.18 Å². The molecule has 0 aliphatic carbocycles. The van der Waals surface area contributed by atoms with Gasteiger partial charge in [-0.1, -0.05) is 42.5 Å². The van der Waals surface area contributed by atoms with Crippen molar-refractivity contribution < 1.29 is 13.2 Å². The van der Waals surface area contributed by atoms with Gasteiger partial charge in [-0.15, -0.1) is 12.6 Å². The Morgan fingerprint density at radius 2 is 1.35 bits per heavy atom. The first-order valence-electron chi connectivity index (χ1n) is 6.74. The highest BCUT2D eigenvalue weighted by Crippen LogP contribution is 2.32. The summed E-state index contributed by atoms with van der Waals surface area (Å²) in [5.74, 6) is 0. The summed E-state index contributed by atoms with van der Waals surface area (Å²) in [6, 6.07) is 16.0. The predicted octanol–water partition coefficient (Wildman–Crippen LogP) is 5.12. The average molecular weight is 332 g/mol. The molecule has 0 saturated carbocycles. The van der Waals surface area contributed by atoms with E-state index in [-0.39, 0.29) is 5.16 Å². The third-order valence-corrected chi connectivity index (χ3v) is 3.47. The summed E-state index contributed by atoms with van der Waals surface area (Å²) in [6.45, 7) is 0. The molecular weight excluding hydrogens is 321 g/mol. The molecule has 0 aliphatic heterocycles. The average Bonchev–Trinajstić information content (AvgIpc) is 2.54. The van der Waals surface area contributed by atoms with Crippen molar-refractivity contribution in [2.45, 2.75) is 11.3 Å². The van der Waals surface area contributed by atoms with Gasteiger partial charge in [0.25, 0.3) is 0 Å². The summed E-state index contributed by atoms with van der Waals surface area (Å²) in [7, 11) is 0.